The fraction of sp³-hybridized carbons (Fsp3) is 0.286. The molecule has 0 fully saturated rings. The zero-order chi connectivity index (χ0) is 17.6. The maximum atomic E-state index is 11.9. The second-order valence-electron chi connectivity index (χ2n) is 6.44. The number of nitrogens with two attached hydrogens (primary N) is 1. The number of aryl methyl sites for hydroxylation is 1. The minimum absolute atomic E-state index is 0.166. The summed E-state index contributed by atoms with van der Waals surface area (Å²) in [6, 6.07) is 17.8. The predicted molar refractivity (Wildman–Crippen MR) is 101 cm³/mol. The average Bonchev–Trinajstić information content (AvgIpc) is 3.01. The van der Waals surface area contributed by atoms with Crippen LogP contribution in [0.2, 0.25) is 0 Å². The first kappa shape index (κ1) is 17.2. The van der Waals surface area contributed by atoms with Gasteiger partial charge in [-0.05, 0) is 61.0 Å². The van der Waals surface area contributed by atoms with Gasteiger partial charge in [0.25, 0.3) is 0 Å². The maximum Gasteiger partial charge on any atom is 0.338 e. The zero-order valence-electron chi connectivity index (χ0n) is 14.5. The van der Waals surface area contributed by atoms with Crippen LogP contribution in [-0.4, -0.2) is 23.2 Å². The summed E-state index contributed by atoms with van der Waals surface area (Å²) >= 11 is 0. The number of esters is 1. The molecule has 25 heavy (non-hydrogen) atoms. The third kappa shape index (κ3) is 4.48. The van der Waals surface area contributed by atoms with Crippen LogP contribution < -0.4 is 5.73 Å². The molecule has 0 aliphatic carbocycles. The van der Waals surface area contributed by atoms with Gasteiger partial charge in [0.1, 0.15) is 0 Å². The van der Waals surface area contributed by atoms with Crippen LogP contribution >= 0.6 is 0 Å². The Hall–Kier alpha value is -2.59. The molecule has 1 aromatic heterocycles. The monoisotopic (exact) mass is 336 g/mol. The number of fused-ring (bicyclic) bond motifs is 1. The van der Waals surface area contributed by atoms with Crippen molar-refractivity contribution in [2.24, 2.45) is 5.73 Å². The van der Waals surface area contributed by atoms with Gasteiger partial charge in [-0.25, -0.2) is 4.79 Å². The molecule has 4 nitrogen and oxygen atoms in total. The molecule has 130 valence electrons. The van der Waals surface area contributed by atoms with E-state index < -0.39 is 0 Å². The Morgan fingerprint density at radius 2 is 1.96 bits per heavy atom. The topological polar surface area (TPSA) is 57.2 Å². The lowest BCUT2D eigenvalue weighted by molar-refractivity contribution is 0.0496. The van der Waals surface area contributed by atoms with Crippen molar-refractivity contribution in [3.63, 3.8) is 0 Å². The summed E-state index contributed by atoms with van der Waals surface area (Å²) in [5.74, 6) is -0.265. The van der Waals surface area contributed by atoms with Gasteiger partial charge < -0.3 is 15.0 Å². The molecule has 2 N–H and O–H groups in total. The van der Waals surface area contributed by atoms with Crippen LogP contribution in [0.15, 0.2) is 60.8 Å². The number of hydrogen-bond donors (Lipinski definition) is 1. The molecule has 2 aromatic carbocycles. The van der Waals surface area contributed by atoms with Crippen molar-refractivity contribution in [3.8, 4) is 0 Å². The standard InChI is InChI=1S/C21H24N2O2/c1-16(22)14-17-8-9-20-19(15-17)10-12-23(20)11-5-13-25-21(24)18-6-3-2-4-7-18/h2-4,6-10,12,15-16H,5,11,13-14,22H2,1H3/t16-/m1/s1. The Balaban J connectivity index is 1.54. The van der Waals surface area contributed by atoms with Crippen LogP contribution in [0.1, 0.15) is 29.3 Å². The smallest absolute Gasteiger partial charge is 0.338 e. The largest absolute Gasteiger partial charge is 0.462 e. The van der Waals surface area contributed by atoms with Gasteiger partial charge >= 0.3 is 5.97 Å². The molecule has 0 aliphatic heterocycles. The van der Waals surface area contributed by atoms with Gasteiger partial charge in [-0.15, -0.1) is 0 Å². The van der Waals surface area contributed by atoms with E-state index in [-0.39, 0.29) is 12.0 Å². The second-order valence-corrected chi connectivity index (χ2v) is 6.44. The van der Waals surface area contributed by atoms with Gasteiger partial charge in [-0.2, -0.15) is 0 Å². The molecule has 0 saturated heterocycles. The Labute approximate surface area is 148 Å². The number of carbonyl (C=O) groups is 1. The molecular formula is C21H24N2O2. The molecule has 0 aliphatic rings. The Bertz CT molecular complexity index is 837. The number of rotatable bonds is 7. The number of benzene rings is 2. The lowest BCUT2D eigenvalue weighted by Crippen LogP contribution is -2.17. The van der Waals surface area contributed by atoms with E-state index in [1.165, 1.54) is 16.5 Å². The fourth-order valence-corrected chi connectivity index (χ4v) is 3.00. The van der Waals surface area contributed by atoms with Gasteiger partial charge in [-0.3, -0.25) is 0 Å². The summed E-state index contributed by atoms with van der Waals surface area (Å²) in [5, 5.41) is 1.22. The van der Waals surface area contributed by atoms with Gasteiger partial charge in [0.2, 0.25) is 0 Å². The van der Waals surface area contributed by atoms with Crippen molar-refractivity contribution in [1.82, 2.24) is 4.57 Å². The van der Waals surface area contributed by atoms with Gasteiger partial charge in [0.05, 0.1) is 12.2 Å². The highest BCUT2D eigenvalue weighted by molar-refractivity contribution is 5.89. The van der Waals surface area contributed by atoms with Crippen LogP contribution in [0.4, 0.5) is 0 Å². The highest BCUT2D eigenvalue weighted by atomic mass is 16.5. The van der Waals surface area contributed by atoms with Crippen LogP contribution in [0.5, 0.6) is 0 Å². The molecule has 0 bridgehead atoms. The van der Waals surface area contributed by atoms with E-state index in [0.29, 0.717) is 12.2 Å². The molecule has 0 amide bonds. The Morgan fingerprint density at radius 1 is 1.16 bits per heavy atom. The average molecular weight is 336 g/mol. The Kier molecular flexibility index (Phi) is 5.51. The quantitative estimate of drug-likeness (QED) is 0.528. The van der Waals surface area contributed by atoms with Crippen molar-refractivity contribution in [2.45, 2.75) is 32.4 Å². The molecule has 4 heteroatoms. The summed E-state index contributed by atoms with van der Waals surface area (Å²) < 4.78 is 7.53. The molecule has 3 aromatic rings. The number of carbonyl (C=O) groups excluding carboxylic acids is 1. The lowest BCUT2D eigenvalue weighted by Gasteiger charge is -2.08. The van der Waals surface area contributed by atoms with E-state index in [1.54, 1.807) is 12.1 Å². The van der Waals surface area contributed by atoms with E-state index in [4.69, 9.17) is 10.5 Å². The van der Waals surface area contributed by atoms with Crippen LogP contribution in [-0.2, 0) is 17.7 Å². The van der Waals surface area contributed by atoms with Crippen molar-refractivity contribution < 1.29 is 9.53 Å². The summed E-state index contributed by atoms with van der Waals surface area (Å²) in [6.45, 7) is 3.25. The summed E-state index contributed by atoms with van der Waals surface area (Å²) in [4.78, 5) is 11.9. The number of nitrogens with zero attached hydrogens (tertiary/aromatic N) is 1. The number of hydrogen-bond acceptors (Lipinski definition) is 3. The first-order chi connectivity index (χ1) is 12.1. The molecule has 0 saturated carbocycles. The Morgan fingerprint density at radius 3 is 2.72 bits per heavy atom. The summed E-state index contributed by atoms with van der Waals surface area (Å²) in [6.07, 6.45) is 3.75. The normalized spacial score (nSPS) is 12.2. The SMILES string of the molecule is C[C@@H](N)Cc1ccc2c(ccn2CCCOC(=O)c2ccccc2)c1. The van der Waals surface area contributed by atoms with Crippen LogP contribution in [0.3, 0.4) is 0 Å². The van der Waals surface area contributed by atoms with E-state index in [0.717, 1.165) is 19.4 Å². The molecule has 0 spiro atoms. The van der Waals surface area contributed by atoms with E-state index in [9.17, 15) is 4.79 Å². The van der Waals surface area contributed by atoms with Crippen molar-refractivity contribution in [3.05, 3.63) is 71.9 Å². The summed E-state index contributed by atoms with van der Waals surface area (Å²) in [5.41, 5.74) is 8.93. The number of ether oxygens (including phenoxy) is 1. The third-order valence-corrected chi connectivity index (χ3v) is 4.18. The van der Waals surface area contributed by atoms with E-state index >= 15 is 0 Å². The van der Waals surface area contributed by atoms with Gasteiger partial charge in [-0.1, -0.05) is 24.3 Å². The van der Waals surface area contributed by atoms with Crippen LogP contribution in [0.25, 0.3) is 10.9 Å². The fourth-order valence-electron chi connectivity index (χ4n) is 3.00. The highest BCUT2D eigenvalue weighted by Gasteiger charge is 2.07. The van der Waals surface area contributed by atoms with E-state index in [1.807, 2.05) is 25.1 Å². The maximum absolute atomic E-state index is 11.9. The lowest BCUT2D eigenvalue weighted by atomic mass is 10.1. The molecular weight excluding hydrogens is 312 g/mol. The molecule has 0 unspecified atom stereocenters. The second kappa shape index (κ2) is 7.99. The van der Waals surface area contributed by atoms with Crippen molar-refractivity contribution in [2.75, 3.05) is 6.61 Å². The van der Waals surface area contributed by atoms with Crippen molar-refractivity contribution in [1.29, 1.82) is 0 Å². The predicted octanol–water partition coefficient (Wildman–Crippen LogP) is 3.78. The molecule has 3 rings (SSSR count). The van der Waals surface area contributed by atoms with Gasteiger partial charge in [0.15, 0.2) is 0 Å². The zero-order valence-corrected chi connectivity index (χ0v) is 14.5. The van der Waals surface area contributed by atoms with Crippen molar-refractivity contribution >= 4 is 16.9 Å². The highest BCUT2D eigenvalue weighted by Crippen LogP contribution is 2.19. The van der Waals surface area contributed by atoms with Crippen LogP contribution in [0, 0.1) is 0 Å². The minimum Gasteiger partial charge on any atom is -0.462 e. The third-order valence-electron chi connectivity index (χ3n) is 4.18. The molecule has 1 atom stereocenters. The minimum atomic E-state index is -0.265. The first-order valence-electron chi connectivity index (χ1n) is 8.69. The molecule has 0 radical (unpaired) electrons. The van der Waals surface area contributed by atoms with Gasteiger partial charge in [0, 0.05) is 24.3 Å². The first-order valence-corrected chi connectivity index (χ1v) is 8.69. The number of aromatic nitrogens is 1. The summed E-state index contributed by atoms with van der Waals surface area (Å²) in [7, 11) is 0. The molecule has 1 heterocycles. The van der Waals surface area contributed by atoms with E-state index in [2.05, 4.69) is 35.0 Å².